The maximum absolute atomic E-state index is 13.3. The van der Waals surface area contributed by atoms with Crippen LogP contribution in [0, 0.1) is 6.92 Å². The molecule has 10 heteroatoms. The standard InChI is InChI=1S/C21H24F3N3O4/c1-12-13(8-7-9-15(12)30-5)18(28)27(26-20(2,3)4)19(29)14-10-11-16(21(22,23)24)25-17(14)31-6/h7-11,26H,1-6H3. The molecule has 0 spiro atoms. The van der Waals surface area contributed by atoms with Gasteiger partial charge in [0, 0.05) is 16.7 Å². The smallest absolute Gasteiger partial charge is 0.433 e. The summed E-state index contributed by atoms with van der Waals surface area (Å²) in [7, 11) is 2.54. The van der Waals surface area contributed by atoms with Gasteiger partial charge in [-0.1, -0.05) is 6.07 Å². The predicted molar refractivity (Wildman–Crippen MR) is 107 cm³/mol. The summed E-state index contributed by atoms with van der Waals surface area (Å²) >= 11 is 0. The number of ether oxygens (including phenoxy) is 2. The Balaban J connectivity index is 2.57. The molecule has 2 rings (SSSR count). The molecule has 31 heavy (non-hydrogen) atoms. The van der Waals surface area contributed by atoms with E-state index in [1.54, 1.807) is 39.8 Å². The average molecular weight is 439 g/mol. The Morgan fingerprint density at radius 3 is 2.10 bits per heavy atom. The average Bonchev–Trinajstić information content (AvgIpc) is 2.69. The van der Waals surface area contributed by atoms with Crippen LogP contribution in [0.15, 0.2) is 30.3 Å². The van der Waals surface area contributed by atoms with Gasteiger partial charge in [0.25, 0.3) is 11.8 Å². The van der Waals surface area contributed by atoms with Gasteiger partial charge in [-0.3, -0.25) is 9.59 Å². The highest BCUT2D eigenvalue weighted by molar-refractivity contribution is 6.11. The van der Waals surface area contributed by atoms with Gasteiger partial charge in [-0.15, -0.1) is 0 Å². The maximum Gasteiger partial charge on any atom is 0.433 e. The summed E-state index contributed by atoms with van der Waals surface area (Å²) in [6, 6.07) is 6.37. The molecular formula is C21H24F3N3O4. The molecule has 0 fully saturated rings. The van der Waals surface area contributed by atoms with Crippen molar-refractivity contribution >= 4 is 11.8 Å². The lowest BCUT2D eigenvalue weighted by molar-refractivity contribution is -0.141. The Labute approximate surface area is 178 Å². The van der Waals surface area contributed by atoms with Gasteiger partial charge in [0.05, 0.1) is 14.2 Å². The number of nitrogens with one attached hydrogen (secondary N) is 1. The lowest BCUT2D eigenvalue weighted by Crippen LogP contribution is -2.55. The Bertz CT molecular complexity index is 985. The molecule has 1 heterocycles. The number of imide groups is 1. The second-order valence-electron chi connectivity index (χ2n) is 7.69. The van der Waals surface area contributed by atoms with E-state index in [1.165, 1.54) is 13.2 Å². The summed E-state index contributed by atoms with van der Waals surface area (Å²) < 4.78 is 49.1. The van der Waals surface area contributed by atoms with Crippen molar-refractivity contribution in [2.24, 2.45) is 0 Å². The third-order valence-corrected chi connectivity index (χ3v) is 4.16. The van der Waals surface area contributed by atoms with E-state index in [2.05, 4.69) is 10.4 Å². The van der Waals surface area contributed by atoms with Gasteiger partial charge >= 0.3 is 6.18 Å². The second-order valence-corrected chi connectivity index (χ2v) is 7.69. The summed E-state index contributed by atoms with van der Waals surface area (Å²) in [5.74, 6) is -1.73. The van der Waals surface area contributed by atoms with Gasteiger partial charge in [-0.25, -0.2) is 15.4 Å². The quantitative estimate of drug-likeness (QED) is 0.560. The molecular weight excluding hydrogens is 415 g/mol. The Hall–Kier alpha value is -3.14. The number of carbonyl (C=O) groups is 2. The molecule has 0 saturated carbocycles. The van der Waals surface area contributed by atoms with Crippen molar-refractivity contribution in [2.75, 3.05) is 14.2 Å². The van der Waals surface area contributed by atoms with E-state index < -0.39 is 35.1 Å². The monoisotopic (exact) mass is 439 g/mol. The fourth-order valence-electron chi connectivity index (χ4n) is 2.75. The van der Waals surface area contributed by atoms with Gasteiger partial charge < -0.3 is 9.47 Å². The van der Waals surface area contributed by atoms with Crippen LogP contribution >= 0.6 is 0 Å². The Morgan fingerprint density at radius 1 is 0.968 bits per heavy atom. The van der Waals surface area contributed by atoms with Crippen LogP contribution in [0.2, 0.25) is 0 Å². The number of aromatic nitrogens is 1. The number of amides is 2. The fraction of sp³-hybridized carbons (Fsp3) is 0.381. The molecule has 0 aliphatic carbocycles. The lowest BCUT2D eigenvalue weighted by atomic mass is 10.1. The van der Waals surface area contributed by atoms with Crippen molar-refractivity contribution in [1.29, 1.82) is 0 Å². The van der Waals surface area contributed by atoms with E-state index in [9.17, 15) is 22.8 Å². The van der Waals surface area contributed by atoms with E-state index in [1.807, 2.05) is 0 Å². The molecule has 2 amide bonds. The number of nitrogens with zero attached hydrogens (tertiary/aromatic N) is 2. The number of benzene rings is 1. The van der Waals surface area contributed by atoms with E-state index in [4.69, 9.17) is 9.47 Å². The number of methoxy groups -OCH3 is 2. The maximum atomic E-state index is 13.3. The molecule has 1 aromatic carbocycles. The zero-order valence-electron chi connectivity index (χ0n) is 18.0. The van der Waals surface area contributed by atoms with Crippen LogP contribution in [-0.2, 0) is 6.18 Å². The van der Waals surface area contributed by atoms with E-state index in [0.717, 1.165) is 18.2 Å². The number of alkyl halides is 3. The zero-order chi connectivity index (χ0) is 23.6. The first kappa shape index (κ1) is 24.1. The van der Waals surface area contributed by atoms with Gasteiger partial charge in [0.2, 0.25) is 5.88 Å². The molecule has 0 radical (unpaired) electrons. The number of halogens is 3. The number of hydrogen-bond acceptors (Lipinski definition) is 6. The molecule has 1 N–H and O–H groups in total. The van der Waals surface area contributed by atoms with Crippen LogP contribution in [0.3, 0.4) is 0 Å². The first-order valence-corrected chi connectivity index (χ1v) is 9.22. The zero-order valence-corrected chi connectivity index (χ0v) is 18.0. The van der Waals surface area contributed by atoms with Crippen molar-refractivity contribution in [3.63, 3.8) is 0 Å². The number of hydrogen-bond donors (Lipinski definition) is 1. The third-order valence-electron chi connectivity index (χ3n) is 4.16. The molecule has 0 unspecified atom stereocenters. The van der Waals surface area contributed by atoms with Crippen LogP contribution in [-0.4, -0.2) is 41.6 Å². The minimum absolute atomic E-state index is 0.184. The third kappa shape index (κ3) is 5.52. The van der Waals surface area contributed by atoms with Crippen molar-refractivity contribution in [3.05, 3.63) is 52.7 Å². The number of hydrazine groups is 1. The van der Waals surface area contributed by atoms with Crippen molar-refractivity contribution in [3.8, 4) is 11.6 Å². The van der Waals surface area contributed by atoms with E-state index in [-0.39, 0.29) is 11.1 Å². The van der Waals surface area contributed by atoms with Gasteiger partial charge in [0.1, 0.15) is 17.0 Å². The first-order chi connectivity index (χ1) is 14.3. The topological polar surface area (TPSA) is 80.8 Å². The largest absolute Gasteiger partial charge is 0.496 e. The molecule has 0 aliphatic rings. The molecule has 0 bridgehead atoms. The molecule has 7 nitrogen and oxygen atoms in total. The molecule has 1 aromatic heterocycles. The highest BCUT2D eigenvalue weighted by Crippen LogP contribution is 2.31. The lowest BCUT2D eigenvalue weighted by Gasteiger charge is -2.31. The van der Waals surface area contributed by atoms with Crippen molar-refractivity contribution in [2.45, 2.75) is 39.4 Å². The van der Waals surface area contributed by atoms with Crippen LogP contribution in [0.5, 0.6) is 11.6 Å². The van der Waals surface area contributed by atoms with Gasteiger partial charge in [-0.2, -0.15) is 13.2 Å². The SMILES string of the molecule is COc1cccc(C(=O)N(NC(C)(C)C)C(=O)c2ccc(C(F)(F)F)nc2OC)c1C. The fourth-order valence-corrected chi connectivity index (χ4v) is 2.75. The molecule has 2 aromatic rings. The number of pyridine rings is 1. The van der Waals surface area contributed by atoms with Gasteiger partial charge in [-0.05, 0) is 52.0 Å². The Morgan fingerprint density at radius 2 is 1.58 bits per heavy atom. The summed E-state index contributed by atoms with van der Waals surface area (Å²) in [6.45, 7) is 6.83. The van der Waals surface area contributed by atoms with Crippen LogP contribution < -0.4 is 14.9 Å². The number of rotatable bonds is 5. The van der Waals surface area contributed by atoms with Crippen LogP contribution in [0.4, 0.5) is 13.2 Å². The minimum atomic E-state index is -4.72. The summed E-state index contributed by atoms with van der Waals surface area (Å²) in [5, 5.41) is 0.745. The van der Waals surface area contributed by atoms with Crippen LogP contribution in [0.25, 0.3) is 0 Å². The molecule has 0 atom stereocenters. The molecule has 0 saturated heterocycles. The van der Waals surface area contributed by atoms with Crippen molar-refractivity contribution < 1.29 is 32.2 Å². The Kier molecular flexibility index (Phi) is 6.95. The van der Waals surface area contributed by atoms with E-state index >= 15 is 0 Å². The second kappa shape index (κ2) is 8.93. The van der Waals surface area contributed by atoms with Crippen molar-refractivity contribution in [1.82, 2.24) is 15.4 Å². The minimum Gasteiger partial charge on any atom is -0.496 e. The summed E-state index contributed by atoms with van der Waals surface area (Å²) in [6.07, 6.45) is -4.72. The van der Waals surface area contributed by atoms with E-state index in [0.29, 0.717) is 17.4 Å². The highest BCUT2D eigenvalue weighted by Gasteiger charge is 2.36. The summed E-state index contributed by atoms with van der Waals surface area (Å²) in [4.78, 5) is 29.9. The molecule has 0 aliphatic heterocycles. The summed E-state index contributed by atoms with van der Waals surface area (Å²) in [5.41, 5.74) is 1.23. The molecule has 168 valence electrons. The predicted octanol–water partition coefficient (Wildman–Crippen LogP) is 4.01. The van der Waals surface area contributed by atoms with Crippen LogP contribution in [0.1, 0.15) is 52.7 Å². The van der Waals surface area contributed by atoms with Gasteiger partial charge in [0.15, 0.2) is 0 Å². The first-order valence-electron chi connectivity index (χ1n) is 9.22. The normalized spacial score (nSPS) is 11.8. The number of carbonyl (C=O) groups excluding carboxylic acids is 2. The highest BCUT2D eigenvalue weighted by atomic mass is 19.4.